The van der Waals surface area contributed by atoms with E-state index in [1.165, 1.54) is 0 Å². The standard InChI is InChI=1S/C15H9ClFN3O4/c16-10-3-1-9(2-4-10)15-19-18-14(24-15)8-23-13-7-11(17)5-6-12(13)20(21)22/h1-7H,8H2. The van der Waals surface area contributed by atoms with Crippen LogP contribution in [0.2, 0.25) is 5.02 Å². The Morgan fingerprint density at radius 2 is 1.96 bits per heavy atom. The highest BCUT2D eigenvalue weighted by molar-refractivity contribution is 6.30. The summed E-state index contributed by atoms with van der Waals surface area (Å²) in [4.78, 5) is 10.2. The molecule has 7 nitrogen and oxygen atoms in total. The minimum atomic E-state index is -0.665. The lowest BCUT2D eigenvalue weighted by Crippen LogP contribution is -2.00. The minimum Gasteiger partial charge on any atom is -0.477 e. The van der Waals surface area contributed by atoms with Gasteiger partial charge in [0, 0.05) is 22.7 Å². The van der Waals surface area contributed by atoms with Crippen LogP contribution in [0.1, 0.15) is 5.89 Å². The summed E-state index contributed by atoms with van der Waals surface area (Å²) in [5, 5.41) is 19.1. The van der Waals surface area contributed by atoms with Gasteiger partial charge < -0.3 is 9.15 Å². The summed E-state index contributed by atoms with van der Waals surface area (Å²) in [6.07, 6.45) is 0. The van der Waals surface area contributed by atoms with Crippen LogP contribution in [0.15, 0.2) is 46.9 Å². The molecule has 0 saturated carbocycles. The van der Waals surface area contributed by atoms with Gasteiger partial charge in [0.05, 0.1) is 4.92 Å². The Morgan fingerprint density at radius 3 is 2.67 bits per heavy atom. The van der Waals surface area contributed by atoms with E-state index in [9.17, 15) is 14.5 Å². The SMILES string of the molecule is O=[N+]([O-])c1ccc(F)cc1OCc1nnc(-c2ccc(Cl)cc2)o1. The Labute approximate surface area is 139 Å². The van der Waals surface area contributed by atoms with Gasteiger partial charge in [0.1, 0.15) is 5.82 Å². The van der Waals surface area contributed by atoms with Crippen LogP contribution in [-0.4, -0.2) is 15.1 Å². The molecule has 0 aliphatic carbocycles. The first kappa shape index (κ1) is 15.9. The maximum atomic E-state index is 13.2. The topological polar surface area (TPSA) is 91.3 Å². The molecule has 0 aliphatic rings. The molecule has 3 rings (SSSR count). The average Bonchev–Trinajstić information content (AvgIpc) is 3.02. The van der Waals surface area contributed by atoms with Crippen molar-refractivity contribution in [2.45, 2.75) is 6.61 Å². The Kier molecular flexibility index (Phi) is 4.39. The van der Waals surface area contributed by atoms with Crippen molar-refractivity contribution in [2.75, 3.05) is 0 Å². The van der Waals surface area contributed by atoms with Gasteiger partial charge >= 0.3 is 5.69 Å². The lowest BCUT2D eigenvalue weighted by Gasteiger charge is -2.04. The summed E-state index contributed by atoms with van der Waals surface area (Å²) in [5.74, 6) is -0.522. The van der Waals surface area contributed by atoms with E-state index in [1.54, 1.807) is 24.3 Å². The minimum absolute atomic E-state index is 0.0958. The van der Waals surface area contributed by atoms with Gasteiger partial charge in [-0.15, -0.1) is 10.2 Å². The summed E-state index contributed by atoms with van der Waals surface area (Å²) in [5.41, 5.74) is 0.309. The van der Waals surface area contributed by atoms with Gasteiger partial charge in [0.2, 0.25) is 11.6 Å². The van der Waals surface area contributed by atoms with Crippen molar-refractivity contribution >= 4 is 17.3 Å². The Bertz CT molecular complexity index is 883. The summed E-state index contributed by atoms with van der Waals surface area (Å²) < 4.78 is 23.9. The highest BCUT2D eigenvalue weighted by atomic mass is 35.5. The third-order valence-electron chi connectivity index (χ3n) is 3.03. The summed E-state index contributed by atoms with van der Waals surface area (Å²) in [6, 6.07) is 9.69. The second-order valence-corrected chi connectivity index (χ2v) is 5.10. The molecule has 3 aromatic rings. The number of nitro groups is 1. The van der Waals surface area contributed by atoms with E-state index in [4.69, 9.17) is 20.8 Å². The molecular formula is C15H9ClFN3O4. The summed E-state index contributed by atoms with van der Waals surface area (Å²) in [6.45, 7) is -0.231. The van der Waals surface area contributed by atoms with Crippen molar-refractivity contribution < 1.29 is 18.5 Å². The molecule has 0 bridgehead atoms. The van der Waals surface area contributed by atoms with Crippen LogP contribution in [-0.2, 0) is 6.61 Å². The molecule has 0 radical (unpaired) electrons. The largest absolute Gasteiger partial charge is 0.477 e. The maximum absolute atomic E-state index is 13.2. The van der Waals surface area contributed by atoms with E-state index in [0.717, 1.165) is 18.2 Å². The molecule has 0 atom stereocenters. The Balaban J connectivity index is 1.75. The van der Waals surface area contributed by atoms with Crippen LogP contribution in [0.5, 0.6) is 5.75 Å². The number of halogens is 2. The van der Waals surface area contributed by atoms with Crippen LogP contribution in [0.25, 0.3) is 11.5 Å². The zero-order valence-corrected chi connectivity index (χ0v) is 12.7. The number of rotatable bonds is 5. The van der Waals surface area contributed by atoms with Crippen LogP contribution in [0.4, 0.5) is 10.1 Å². The van der Waals surface area contributed by atoms with Crippen LogP contribution >= 0.6 is 11.6 Å². The van der Waals surface area contributed by atoms with E-state index in [2.05, 4.69) is 10.2 Å². The zero-order valence-electron chi connectivity index (χ0n) is 12.0. The van der Waals surface area contributed by atoms with Crippen LogP contribution in [0, 0.1) is 15.9 Å². The van der Waals surface area contributed by atoms with Crippen molar-refractivity contribution in [3.8, 4) is 17.2 Å². The van der Waals surface area contributed by atoms with E-state index >= 15 is 0 Å². The number of aromatic nitrogens is 2. The van der Waals surface area contributed by atoms with Gasteiger partial charge in [0.25, 0.3) is 5.89 Å². The Hall–Kier alpha value is -3.00. The van der Waals surface area contributed by atoms with Gasteiger partial charge in [0.15, 0.2) is 6.61 Å². The van der Waals surface area contributed by atoms with Gasteiger partial charge in [-0.25, -0.2) is 4.39 Å². The third kappa shape index (κ3) is 3.49. The van der Waals surface area contributed by atoms with Crippen molar-refractivity contribution in [2.24, 2.45) is 0 Å². The molecule has 122 valence electrons. The first-order chi connectivity index (χ1) is 11.5. The predicted molar refractivity (Wildman–Crippen MR) is 82.1 cm³/mol. The van der Waals surface area contributed by atoms with Gasteiger partial charge in [-0.3, -0.25) is 10.1 Å². The molecule has 0 saturated heterocycles. The fraction of sp³-hybridized carbons (Fsp3) is 0.0667. The molecule has 0 fully saturated rings. The fourth-order valence-corrected chi connectivity index (χ4v) is 2.04. The lowest BCUT2D eigenvalue weighted by atomic mass is 10.2. The predicted octanol–water partition coefficient (Wildman–Crippen LogP) is 4.02. The molecule has 2 aromatic carbocycles. The molecule has 24 heavy (non-hydrogen) atoms. The molecular weight excluding hydrogens is 341 g/mol. The monoisotopic (exact) mass is 349 g/mol. The number of ether oxygens (including phenoxy) is 1. The van der Waals surface area contributed by atoms with Crippen LogP contribution < -0.4 is 4.74 Å². The van der Waals surface area contributed by atoms with E-state index < -0.39 is 10.7 Å². The molecule has 0 amide bonds. The lowest BCUT2D eigenvalue weighted by molar-refractivity contribution is -0.386. The first-order valence-corrected chi connectivity index (χ1v) is 7.06. The Morgan fingerprint density at radius 1 is 1.21 bits per heavy atom. The molecule has 0 spiro atoms. The average molecular weight is 350 g/mol. The number of nitro benzene ring substituents is 1. The molecule has 9 heteroatoms. The molecule has 0 aliphatic heterocycles. The van der Waals surface area contributed by atoms with Gasteiger partial charge in [-0.1, -0.05) is 11.6 Å². The number of benzene rings is 2. The number of hydrogen-bond acceptors (Lipinski definition) is 6. The van der Waals surface area contributed by atoms with E-state index in [0.29, 0.717) is 10.6 Å². The zero-order chi connectivity index (χ0) is 17.1. The number of hydrogen-bond donors (Lipinski definition) is 0. The van der Waals surface area contributed by atoms with Crippen molar-refractivity contribution in [1.29, 1.82) is 0 Å². The highest BCUT2D eigenvalue weighted by Crippen LogP contribution is 2.28. The van der Waals surface area contributed by atoms with Crippen LogP contribution in [0.3, 0.4) is 0 Å². The quantitative estimate of drug-likeness (QED) is 0.510. The fourth-order valence-electron chi connectivity index (χ4n) is 1.91. The summed E-state index contributed by atoms with van der Waals surface area (Å²) in [7, 11) is 0. The highest BCUT2D eigenvalue weighted by Gasteiger charge is 2.17. The molecule has 1 aromatic heterocycles. The molecule has 0 unspecified atom stereocenters. The smallest absolute Gasteiger partial charge is 0.311 e. The number of nitrogens with zero attached hydrogens (tertiary/aromatic N) is 3. The first-order valence-electron chi connectivity index (χ1n) is 6.68. The van der Waals surface area contributed by atoms with Crippen molar-refractivity contribution in [1.82, 2.24) is 10.2 Å². The van der Waals surface area contributed by atoms with Crippen molar-refractivity contribution in [3.05, 3.63) is 69.3 Å². The van der Waals surface area contributed by atoms with E-state index in [1.807, 2.05) is 0 Å². The normalized spacial score (nSPS) is 10.6. The van der Waals surface area contributed by atoms with Gasteiger partial charge in [-0.05, 0) is 30.3 Å². The van der Waals surface area contributed by atoms with Crippen molar-refractivity contribution in [3.63, 3.8) is 0 Å². The summed E-state index contributed by atoms with van der Waals surface area (Å²) >= 11 is 5.80. The maximum Gasteiger partial charge on any atom is 0.311 e. The second kappa shape index (κ2) is 6.63. The molecule has 0 N–H and O–H groups in total. The molecule has 1 heterocycles. The third-order valence-corrected chi connectivity index (χ3v) is 3.28. The van der Waals surface area contributed by atoms with E-state index in [-0.39, 0.29) is 29.8 Å². The van der Waals surface area contributed by atoms with Gasteiger partial charge in [-0.2, -0.15) is 0 Å². The second-order valence-electron chi connectivity index (χ2n) is 4.67.